The largest absolute Gasteiger partial charge is 0.477 e. The Hall–Kier alpha value is -1.01. The average Bonchev–Trinajstić information content (AvgIpc) is 2.15. The molecule has 0 aromatic rings. The van der Waals surface area contributed by atoms with Gasteiger partial charge in [0.05, 0.1) is 6.04 Å². The minimum absolute atomic E-state index is 0.0490. The lowest BCUT2D eigenvalue weighted by molar-refractivity contribution is -0.150. The maximum Gasteiger partial charge on any atom is 0.353 e. The zero-order chi connectivity index (χ0) is 9.59. The summed E-state index contributed by atoms with van der Waals surface area (Å²) in [6.45, 7) is 0. The lowest BCUT2D eigenvalue weighted by Gasteiger charge is -2.46. The number of rotatable bonds is 1. The number of fused-ring (bicyclic) bond motifs is 1. The van der Waals surface area contributed by atoms with Crippen molar-refractivity contribution in [1.29, 1.82) is 0 Å². The SMILES string of the molecule is N[C@H]1C(=O)N2C(C(=O)O)=CSCC12. The van der Waals surface area contributed by atoms with Gasteiger partial charge in [0.25, 0.3) is 0 Å². The van der Waals surface area contributed by atoms with Crippen LogP contribution >= 0.6 is 11.8 Å². The molecule has 1 unspecified atom stereocenters. The lowest BCUT2D eigenvalue weighted by Crippen LogP contribution is -2.70. The maximum absolute atomic E-state index is 11.2. The first kappa shape index (κ1) is 8.58. The topological polar surface area (TPSA) is 83.6 Å². The average molecular weight is 200 g/mol. The zero-order valence-electron chi connectivity index (χ0n) is 6.64. The first-order chi connectivity index (χ1) is 6.13. The second-order valence-electron chi connectivity index (χ2n) is 2.94. The van der Waals surface area contributed by atoms with Crippen molar-refractivity contribution in [3.8, 4) is 0 Å². The van der Waals surface area contributed by atoms with E-state index in [-0.39, 0.29) is 17.6 Å². The zero-order valence-corrected chi connectivity index (χ0v) is 7.45. The third-order valence-electron chi connectivity index (χ3n) is 2.21. The Morgan fingerprint density at radius 3 is 3.08 bits per heavy atom. The Kier molecular flexibility index (Phi) is 1.81. The van der Waals surface area contributed by atoms with Crippen LogP contribution in [-0.2, 0) is 9.59 Å². The molecule has 2 aliphatic rings. The van der Waals surface area contributed by atoms with Crippen molar-refractivity contribution in [3.05, 3.63) is 11.1 Å². The quantitative estimate of drug-likeness (QED) is 0.541. The van der Waals surface area contributed by atoms with Crippen molar-refractivity contribution in [3.63, 3.8) is 0 Å². The fraction of sp³-hybridized carbons (Fsp3) is 0.429. The maximum atomic E-state index is 11.2. The molecule has 1 fully saturated rings. The molecule has 70 valence electrons. The Balaban J connectivity index is 2.27. The van der Waals surface area contributed by atoms with Gasteiger partial charge in [0.15, 0.2) is 0 Å². The molecular weight excluding hydrogens is 192 g/mol. The third kappa shape index (κ3) is 1.06. The molecule has 0 aliphatic carbocycles. The summed E-state index contributed by atoms with van der Waals surface area (Å²) < 4.78 is 0. The summed E-state index contributed by atoms with van der Waals surface area (Å²) in [6, 6.07) is -0.649. The molecule has 2 atom stereocenters. The van der Waals surface area contributed by atoms with E-state index in [1.165, 1.54) is 22.1 Å². The van der Waals surface area contributed by atoms with Gasteiger partial charge in [-0.25, -0.2) is 4.79 Å². The van der Waals surface area contributed by atoms with E-state index in [1.54, 1.807) is 0 Å². The number of aliphatic carboxylic acids is 1. The van der Waals surface area contributed by atoms with Crippen LogP contribution in [0.5, 0.6) is 0 Å². The van der Waals surface area contributed by atoms with Crippen molar-refractivity contribution in [2.75, 3.05) is 5.75 Å². The third-order valence-corrected chi connectivity index (χ3v) is 3.13. The monoisotopic (exact) mass is 200 g/mol. The molecule has 3 N–H and O–H groups in total. The molecular formula is C7H8N2O3S. The van der Waals surface area contributed by atoms with E-state index in [1.807, 2.05) is 0 Å². The molecule has 1 amide bonds. The lowest BCUT2D eigenvalue weighted by atomic mass is 9.96. The van der Waals surface area contributed by atoms with Gasteiger partial charge in [-0.2, -0.15) is 0 Å². The fourth-order valence-electron chi connectivity index (χ4n) is 1.48. The molecule has 0 bridgehead atoms. The van der Waals surface area contributed by atoms with Crippen molar-refractivity contribution in [1.82, 2.24) is 4.90 Å². The van der Waals surface area contributed by atoms with Crippen LogP contribution in [0, 0.1) is 0 Å². The Bertz CT molecular complexity index is 315. The van der Waals surface area contributed by atoms with Gasteiger partial charge < -0.3 is 10.8 Å². The molecule has 1 saturated heterocycles. The number of nitrogens with two attached hydrogens (primary N) is 1. The molecule has 13 heavy (non-hydrogen) atoms. The van der Waals surface area contributed by atoms with Gasteiger partial charge in [-0.1, -0.05) is 0 Å². The van der Waals surface area contributed by atoms with Crippen LogP contribution in [0.2, 0.25) is 0 Å². The predicted molar refractivity (Wildman–Crippen MR) is 46.8 cm³/mol. The van der Waals surface area contributed by atoms with Crippen molar-refractivity contribution >= 4 is 23.6 Å². The summed E-state index contributed by atoms with van der Waals surface area (Å²) in [4.78, 5) is 23.1. The number of carboxylic acids is 1. The van der Waals surface area contributed by atoms with E-state index in [0.29, 0.717) is 5.75 Å². The van der Waals surface area contributed by atoms with Crippen molar-refractivity contribution in [2.24, 2.45) is 5.73 Å². The van der Waals surface area contributed by atoms with Crippen molar-refractivity contribution in [2.45, 2.75) is 12.1 Å². The molecule has 2 aliphatic heterocycles. The van der Waals surface area contributed by atoms with E-state index in [4.69, 9.17) is 10.8 Å². The normalized spacial score (nSPS) is 31.9. The van der Waals surface area contributed by atoms with E-state index in [2.05, 4.69) is 0 Å². The number of hydrogen-bond acceptors (Lipinski definition) is 4. The number of carboxylic acid groups (broad SMARTS) is 1. The summed E-state index contributed by atoms with van der Waals surface area (Å²) in [5.74, 6) is -0.680. The smallest absolute Gasteiger partial charge is 0.353 e. The summed E-state index contributed by atoms with van der Waals surface area (Å²) >= 11 is 1.38. The number of nitrogens with zero attached hydrogens (tertiary/aromatic N) is 1. The van der Waals surface area contributed by atoms with Crippen LogP contribution in [0.1, 0.15) is 0 Å². The predicted octanol–water partition coefficient (Wildman–Crippen LogP) is -0.803. The van der Waals surface area contributed by atoms with Crippen LogP contribution in [0.4, 0.5) is 0 Å². The highest BCUT2D eigenvalue weighted by Crippen LogP contribution is 2.32. The summed E-state index contributed by atoms with van der Waals surface area (Å²) in [5.41, 5.74) is 5.56. The van der Waals surface area contributed by atoms with Gasteiger partial charge in [0.1, 0.15) is 11.7 Å². The number of amides is 1. The van der Waals surface area contributed by atoms with Crippen LogP contribution < -0.4 is 5.73 Å². The number of hydrogen-bond donors (Lipinski definition) is 2. The first-order valence-corrected chi connectivity index (χ1v) is 4.81. The van der Waals surface area contributed by atoms with Crippen LogP contribution in [0.25, 0.3) is 0 Å². The van der Waals surface area contributed by atoms with Gasteiger partial charge in [0, 0.05) is 11.2 Å². The highest BCUT2D eigenvalue weighted by Gasteiger charge is 2.49. The minimum atomic E-state index is -1.07. The number of β-lactam (4-membered cyclic amide) rings is 1. The summed E-state index contributed by atoms with van der Waals surface area (Å²) in [5, 5.41) is 10.2. The fourth-order valence-corrected chi connectivity index (χ4v) is 2.50. The highest BCUT2D eigenvalue weighted by molar-refractivity contribution is 8.02. The molecule has 0 aromatic carbocycles. The molecule has 6 heteroatoms. The van der Waals surface area contributed by atoms with Crippen LogP contribution in [-0.4, -0.2) is 39.7 Å². The molecule has 2 heterocycles. The minimum Gasteiger partial charge on any atom is -0.477 e. The highest BCUT2D eigenvalue weighted by atomic mass is 32.2. The van der Waals surface area contributed by atoms with Gasteiger partial charge in [-0.3, -0.25) is 9.69 Å². The number of carbonyl (C=O) groups is 2. The van der Waals surface area contributed by atoms with E-state index in [0.717, 1.165) is 0 Å². The Morgan fingerprint density at radius 2 is 2.46 bits per heavy atom. The molecule has 0 radical (unpaired) electrons. The molecule has 0 saturated carbocycles. The van der Waals surface area contributed by atoms with Crippen molar-refractivity contribution < 1.29 is 14.7 Å². The number of thioether (sulfide) groups is 1. The van der Waals surface area contributed by atoms with Crippen LogP contribution in [0.3, 0.4) is 0 Å². The standard InChI is InChI=1S/C7H8N2O3S/c8-5-3-1-13-2-4(7(11)12)9(3)6(5)10/h2-3,5H,1,8H2,(H,11,12)/t3?,5-/m1/s1. The van der Waals surface area contributed by atoms with Gasteiger partial charge >= 0.3 is 5.97 Å². The van der Waals surface area contributed by atoms with E-state index >= 15 is 0 Å². The molecule has 5 nitrogen and oxygen atoms in total. The Morgan fingerprint density at radius 1 is 1.77 bits per heavy atom. The Labute approximate surface area is 78.6 Å². The second kappa shape index (κ2) is 2.74. The van der Waals surface area contributed by atoms with E-state index < -0.39 is 12.0 Å². The number of carbonyl (C=O) groups excluding carboxylic acids is 1. The van der Waals surface area contributed by atoms with E-state index in [9.17, 15) is 9.59 Å². The summed E-state index contributed by atoms with van der Waals surface area (Å²) in [6.07, 6.45) is 0. The summed E-state index contributed by atoms with van der Waals surface area (Å²) in [7, 11) is 0. The van der Waals surface area contributed by atoms with Gasteiger partial charge in [-0.05, 0) is 0 Å². The first-order valence-electron chi connectivity index (χ1n) is 3.76. The molecule has 0 aromatic heterocycles. The van der Waals surface area contributed by atoms with Crippen LogP contribution in [0.15, 0.2) is 11.1 Å². The molecule has 2 rings (SSSR count). The molecule has 0 spiro atoms. The van der Waals surface area contributed by atoms with Gasteiger partial charge in [-0.15, -0.1) is 11.8 Å². The second-order valence-corrected chi connectivity index (χ2v) is 3.85. The van der Waals surface area contributed by atoms with Gasteiger partial charge in [0.2, 0.25) is 5.91 Å².